The molecule has 0 amide bonds. The predicted octanol–water partition coefficient (Wildman–Crippen LogP) is 3.91. The van der Waals surface area contributed by atoms with Crippen LogP contribution in [0.15, 0.2) is 30.3 Å². The van der Waals surface area contributed by atoms with E-state index in [1.165, 1.54) is 0 Å². The Balaban J connectivity index is 1.51. The van der Waals surface area contributed by atoms with Gasteiger partial charge in [-0.05, 0) is 63.6 Å². The summed E-state index contributed by atoms with van der Waals surface area (Å²) in [5.41, 5.74) is 3.00. The zero-order chi connectivity index (χ0) is 18.8. The van der Waals surface area contributed by atoms with Crippen LogP contribution in [0.5, 0.6) is 0 Å². The number of hydrogen-bond donors (Lipinski definition) is 1. The van der Waals surface area contributed by atoms with Gasteiger partial charge in [-0.1, -0.05) is 11.6 Å². The van der Waals surface area contributed by atoms with E-state index in [9.17, 15) is 0 Å². The van der Waals surface area contributed by atoms with Crippen molar-refractivity contribution in [1.82, 2.24) is 30.0 Å². The lowest BCUT2D eigenvalue weighted by Crippen LogP contribution is -2.34. The van der Waals surface area contributed by atoms with Crippen LogP contribution in [0.1, 0.15) is 41.8 Å². The topological polar surface area (TPSA) is 70.6 Å². The molecule has 0 spiro atoms. The van der Waals surface area contributed by atoms with Crippen LogP contribution in [0.25, 0.3) is 11.4 Å². The second kappa shape index (κ2) is 7.74. The fourth-order valence-electron chi connectivity index (χ4n) is 3.62. The quantitative estimate of drug-likeness (QED) is 0.740. The molecule has 2 aromatic heterocycles. The number of H-pyrrole nitrogens is 1. The molecule has 4 rings (SSSR count). The lowest BCUT2D eigenvalue weighted by atomic mass is 9.97. The molecule has 0 unspecified atom stereocenters. The molecule has 1 aliphatic heterocycles. The highest BCUT2D eigenvalue weighted by Crippen LogP contribution is 2.26. The molecule has 6 nitrogen and oxygen atoms in total. The van der Waals surface area contributed by atoms with E-state index in [1.54, 1.807) is 0 Å². The van der Waals surface area contributed by atoms with Crippen molar-refractivity contribution in [2.45, 2.75) is 39.2 Å². The van der Waals surface area contributed by atoms with Crippen LogP contribution in [0.2, 0.25) is 5.02 Å². The van der Waals surface area contributed by atoms with Crippen molar-refractivity contribution < 1.29 is 0 Å². The Labute approximate surface area is 164 Å². The van der Waals surface area contributed by atoms with E-state index in [0.717, 1.165) is 66.9 Å². The number of benzene rings is 1. The molecule has 1 fully saturated rings. The Morgan fingerprint density at radius 2 is 1.96 bits per heavy atom. The minimum Gasteiger partial charge on any atom is -0.297 e. The Morgan fingerprint density at radius 1 is 1.15 bits per heavy atom. The van der Waals surface area contributed by atoms with Crippen molar-refractivity contribution in [3.05, 3.63) is 58.4 Å². The molecule has 3 heterocycles. The summed E-state index contributed by atoms with van der Waals surface area (Å²) in [6, 6.07) is 9.74. The Kier molecular flexibility index (Phi) is 5.18. The van der Waals surface area contributed by atoms with E-state index < -0.39 is 0 Å². The monoisotopic (exact) mass is 382 g/mol. The maximum absolute atomic E-state index is 6.00. The van der Waals surface area contributed by atoms with Gasteiger partial charge in [-0.25, -0.2) is 15.0 Å². The highest BCUT2D eigenvalue weighted by molar-refractivity contribution is 6.30. The van der Waals surface area contributed by atoms with Crippen molar-refractivity contribution in [2.24, 2.45) is 0 Å². The highest BCUT2D eigenvalue weighted by Gasteiger charge is 2.24. The van der Waals surface area contributed by atoms with Gasteiger partial charge in [0.1, 0.15) is 5.82 Å². The summed E-state index contributed by atoms with van der Waals surface area (Å²) in [4.78, 5) is 16.4. The molecule has 27 heavy (non-hydrogen) atoms. The molecule has 0 radical (unpaired) electrons. The number of rotatable bonds is 4. The van der Waals surface area contributed by atoms with Gasteiger partial charge in [-0.15, -0.1) is 0 Å². The van der Waals surface area contributed by atoms with Gasteiger partial charge in [0.15, 0.2) is 11.6 Å². The lowest BCUT2D eigenvalue weighted by Gasteiger charge is -2.31. The van der Waals surface area contributed by atoms with E-state index in [1.807, 2.05) is 38.1 Å². The fraction of sp³-hybridized carbons (Fsp3) is 0.400. The molecule has 0 saturated carbocycles. The van der Waals surface area contributed by atoms with Crippen molar-refractivity contribution in [2.75, 3.05) is 13.1 Å². The largest absolute Gasteiger partial charge is 0.297 e. The van der Waals surface area contributed by atoms with Crippen LogP contribution in [0, 0.1) is 13.8 Å². The molecule has 1 aromatic carbocycles. The van der Waals surface area contributed by atoms with Crippen molar-refractivity contribution in [3.63, 3.8) is 0 Å². The molecular formula is C20H23ClN6. The number of likely N-dealkylation sites (tertiary alicyclic amines) is 1. The van der Waals surface area contributed by atoms with Gasteiger partial charge < -0.3 is 0 Å². The van der Waals surface area contributed by atoms with Gasteiger partial charge in [0.05, 0.1) is 5.69 Å². The third-order valence-corrected chi connectivity index (χ3v) is 5.13. The molecule has 0 aliphatic carbocycles. The summed E-state index contributed by atoms with van der Waals surface area (Å²) >= 11 is 6.00. The second-order valence-corrected chi connectivity index (χ2v) is 7.62. The first-order valence-corrected chi connectivity index (χ1v) is 9.66. The summed E-state index contributed by atoms with van der Waals surface area (Å²) < 4.78 is 0. The van der Waals surface area contributed by atoms with Gasteiger partial charge in [-0.3, -0.25) is 10.00 Å². The number of hydrogen-bond acceptors (Lipinski definition) is 5. The molecule has 1 aliphatic rings. The van der Waals surface area contributed by atoms with E-state index in [-0.39, 0.29) is 0 Å². The number of piperidine rings is 1. The van der Waals surface area contributed by atoms with Gasteiger partial charge in [0.25, 0.3) is 0 Å². The Morgan fingerprint density at radius 3 is 2.70 bits per heavy atom. The first-order chi connectivity index (χ1) is 13.1. The average Bonchev–Trinajstić information content (AvgIpc) is 3.08. The molecule has 1 N–H and O–H groups in total. The third-order valence-electron chi connectivity index (χ3n) is 4.88. The van der Waals surface area contributed by atoms with Crippen LogP contribution < -0.4 is 0 Å². The summed E-state index contributed by atoms with van der Waals surface area (Å²) in [6.45, 7) is 6.79. The first-order valence-electron chi connectivity index (χ1n) is 9.28. The Bertz CT molecular complexity index is 920. The average molecular weight is 383 g/mol. The molecule has 1 saturated heterocycles. The molecule has 1 atom stereocenters. The molecule has 7 heteroatoms. The fourth-order valence-corrected chi connectivity index (χ4v) is 3.75. The SMILES string of the molecule is Cc1cc(CN2CCC[C@@H](c3n[nH]c(C)n3)C2)nc(-c2ccc(Cl)cc2)n1. The van der Waals surface area contributed by atoms with Gasteiger partial charge in [0.2, 0.25) is 0 Å². The number of halogens is 1. The second-order valence-electron chi connectivity index (χ2n) is 7.18. The normalized spacial score (nSPS) is 18.0. The zero-order valence-corrected chi connectivity index (χ0v) is 16.4. The minimum atomic E-state index is 0.377. The van der Waals surface area contributed by atoms with Gasteiger partial charge in [0, 0.05) is 35.3 Å². The number of aryl methyl sites for hydroxylation is 2. The third kappa shape index (κ3) is 4.34. The maximum Gasteiger partial charge on any atom is 0.159 e. The first kappa shape index (κ1) is 18.1. The number of nitrogens with one attached hydrogen (secondary N) is 1. The summed E-state index contributed by atoms with van der Waals surface area (Å²) in [5.74, 6) is 2.93. The molecule has 140 valence electrons. The maximum atomic E-state index is 6.00. The van der Waals surface area contributed by atoms with Crippen molar-refractivity contribution in [1.29, 1.82) is 0 Å². The van der Waals surface area contributed by atoms with E-state index in [4.69, 9.17) is 16.6 Å². The van der Waals surface area contributed by atoms with Crippen molar-refractivity contribution >= 4 is 11.6 Å². The van der Waals surface area contributed by atoms with E-state index in [0.29, 0.717) is 10.9 Å². The van der Waals surface area contributed by atoms with Gasteiger partial charge >= 0.3 is 0 Å². The van der Waals surface area contributed by atoms with Crippen LogP contribution in [0.4, 0.5) is 0 Å². The van der Waals surface area contributed by atoms with Crippen LogP contribution >= 0.6 is 11.6 Å². The minimum absolute atomic E-state index is 0.377. The Hall–Kier alpha value is -2.31. The van der Waals surface area contributed by atoms with Crippen molar-refractivity contribution in [3.8, 4) is 11.4 Å². The highest BCUT2D eigenvalue weighted by atomic mass is 35.5. The summed E-state index contributed by atoms with van der Waals surface area (Å²) in [7, 11) is 0. The standard InChI is InChI=1S/C20H23ClN6/c1-13-10-18(24-19(22-13)15-5-7-17(21)8-6-15)12-27-9-3-4-16(11-27)20-23-14(2)25-26-20/h5-8,10,16H,3-4,9,11-12H2,1-2H3,(H,23,25,26)/t16-/m1/s1. The van der Waals surface area contributed by atoms with Crippen LogP contribution in [-0.2, 0) is 6.54 Å². The molecule has 3 aromatic rings. The van der Waals surface area contributed by atoms with E-state index >= 15 is 0 Å². The number of nitrogens with zero attached hydrogens (tertiary/aromatic N) is 5. The number of aromatic nitrogens is 5. The smallest absolute Gasteiger partial charge is 0.159 e. The summed E-state index contributed by atoms with van der Waals surface area (Å²) in [5, 5.41) is 8.03. The van der Waals surface area contributed by atoms with E-state index in [2.05, 4.69) is 31.1 Å². The predicted molar refractivity (Wildman–Crippen MR) is 106 cm³/mol. The molecular weight excluding hydrogens is 360 g/mol. The van der Waals surface area contributed by atoms with Gasteiger partial charge in [-0.2, -0.15) is 5.10 Å². The summed E-state index contributed by atoms with van der Waals surface area (Å²) in [6.07, 6.45) is 2.28. The lowest BCUT2D eigenvalue weighted by molar-refractivity contribution is 0.194. The molecule has 0 bridgehead atoms. The number of aromatic amines is 1. The van der Waals surface area contributed by atoms with Crippen LogP contribution in [-0.4, -0.2) is 43.1 Å². The van der Waals surface area contributed by atoms with Crippen LogP contribution in [0.3, 0.4) is 0 Å². The zero-order valence-electron chi connectivity index (χ0n) is 15.6.